The number of hydrogen-bond acceptors (Lipinski definition) is 3. The van der Waals surface area contributed by atoms with E-state index >= 15 is 0 Å². The first-order valence-electron chi connectivity index (χ1n) is 6.09. The summed E-state index contributed by atoms with van der Waals surface area (Å²) in [5.41, 5.74) is 0. The highest BCUT2D eigenvalue weighted by Gasteiger charge is 2.21. The highest BCUT2D eigenvalue weighted by molar-refractivity contribution is 5.77. The summed E-state index contributed by atoms with van der Waals surface area (Å²) >= 11 is 0. The topological polar surface area (TPSA) is 41.6 Å². The van der Waals surface area contributed by atoms with E-state index in [1.165, 1.54) is 13.5 Å². The summed E-state index contributed by atoms with van der Waals surface area (Å²) in [6.45, 7) is 8.74. The summed E-state index contributed by atoms with van der Waals surface area (Å²) in [7, 11) is 1.54. The van der Waals surface area contributed by atoms with Gasteiger partial charge in [0.05, 0.1) is 0 Å². The molecule has 1 heterocycles. The van der Waals surface area contributed by atoms with Gasteiger partial charge in [0.15, 0.2) is 0 Å². The van der Waals surface area contributed by atoms with Gasteiger partial charge in [-0.05, 0) is 18.3 Å². The maximum Gasteiger partial charge on any atom is 0.246 e. The van der Waals surface area contributed by atoms with Gasteiger partial charge in [-0.3, -0.25) is 4.79 Å². The van der Waals surface area contributed by atoms with Crippen LogP contribution in [0.25, 0.3) is 0 Å². The van der Waals surface area contributed by atoms with Crippen LogP contribution in [0.3, 0.4) is 0 Å². The minimum atomic E-state index is -0.0272. The molecule has 16 heavy (non-hydrogen) atoms. The molecule has 4 heteroatoms. The van der Waals surface area contributed by atoms with Gasteiger partial charge in [0.1, 0.15) is 6.61 Å². The second-order valence-corrected chi connectivity index (χ2v) is 4.99. The Morgan fingerprint density at radius 2 is 2.00 bits per heavy atom. The highest BCUT2D eigenvalue weighted by atomic mass is 16.5. The summed E-state index contributed by atoms with van der Waals surface area (Å²) in [5, 5.41) is 2.85. The monoisotopic (exact) mass is 228 g/mol. The molecule has 0 aliphatic carbocycles. The number of carbonyl (C=O) groups is 1. The summed E-state index contributed by atoms with van der Waals surface area (Å²) in [5.74, 6) is 1.53. The zero-order valence-electron chi connectivity index (χ0n) is 10.7. The van der Waals surface area contributed by atoms with Gasteiger partial charge < -0.3 is 15.0 Å². The molecule has 1 aliphatic heterocycles. The molecule has 1 aliphatic rings. The second-order valence-electron chi connectivity index (χ2n) is 4.99. The van der Waals surface area contributed by atoms with E-state index in [1.54, 1.807) is 0 Å². The zero-order valence-corrected chi connectivity index (χ0v) is 10.7. The first-order chi connectivity index (χ1) is 7.61. The first-order valence-corrected chi connectivity index (χ1v) is 6.09. The van der Waals surface area contributed by atoms with Crippen molar-refractivity contribution in [3.05, 3.63) is 0 Å². The summed E-state index contributed by atoms with van der Waals surface area (Å²) in [4.78, 5) is 13.6. The number of piperidine rings is 1. The number of carbonyl (C=O) groups excluding carboxylic acids is 1. The smallest absolute Gasteiger partial charge is 0.246 e. The third-order valence-corrected chi connectivity index (χ3v) is 2.97. The van der Waals surface area contributed by atoms with Gasteiger partial charge in [-0.15, -0.1) is 0 Å². The Hall–Kier alpha value is -0.610. The van der Waals surface area contributed by atoms with Crippen molar-refractivity contribution in [1.82, 2.24) is 10.2 Å². The molecule has 1 fully saturated rings. The third kappa shape index (κ3) is 4.94. The standard InChI is InChI=1S/C12H24N2O2/c1-10-6-11(2)8-14(7-10)5-4-13-12(15)9-16-3/h10-11H,4-9H2,1-3H3,(H,13,15)/t10-,11-/m0/s1. The van der Waals surface area contributed by atoms with E-state index in [4.69, 9.17) is 4.74 Å². The van der Waals surface area contributed by atoms with Crippen molar-refractivity contribution in [2.75, 3.05) is 39.9 Å². The van der Waals surface area contributed by atoms with Crippen LogP contribution in [-0.4, -0.2) is 50.7 Å². The van der Waals surface area contributed by atoms with Crippen LogP contribution in [0.5, 0.6) is 0 Å². The Morgan fingerprint density at radius 3 is 2.56 bits per heavy atom. The molecule has 0 aromatic heterocycles. The molecular formula is C12H24N2O2. The van der Waals surface area contributed by atoms with Crippen molar-refractivity contribution in [2.24, 2.45) is 11.8 Å². The van der Waals surface area contributed by atoms with E-state index in [1.807, 2.05) is 0 Å². The lowest BCUT2D eigenvalue weighted by molar-refractivity contribution is -0.124. The molecule has 1 N–H and O–H groups in total. The van der Waals surface area contributed by atoms with Crippen LogP contribution in [0.4, 0.5) is 0 Å². The van der Waals surface area contributed by atoms with Crippen LogP contribution in [0.2, 0.25) is 0 Å². The molecule has 0 unspecified atom stereocenters. The van der Waals surface area contributed by atoms with Crippen molar-refractivity contribution in [3.8, 4) is 0 Å². The predicted octanol–water partition coefficient (Wildman–Crippen LogP) is 0.727. The van der Waals surface area contributed by atoms with E-state index in [9.17, 15) is 4.79 Å². The molecule has 0 radical (unpaired) electrons. The lowest BCUT2D eigenvalue weighted by Crippen LogP contribution is -2.43. The van der Waals surface area contributed by atoms with Crippen LogP contribution in [-0.2, 0) is 9.53 Å². The Labute approximate surface area is 98.3 Å². The molecule has 0 saturated carbocycles. The molecule has 0 aromatic carbocycles. The number of nitrogens with zero attached hydrogens (tertiary/aromatic N) is 1. The number of hydrogen-bond donors (Lipinski definition) is 1. The average Bonchev–Trinajstić information content (AvgIpc) is 2.16. The molecular weight excluding hydrogens is 204 g/mol. The number of rotatable bonds is 5. The predicted molar refractivity (Wildman–Crippen MR) is 64.3 cm³/mol. The SMILES string of the molecule is COCC(=O)NCCN1C[C@@H](C)C[C@H](C)C1. The van der Waals surface area contributed by atoms with E-state index in [-0.39, 0.29) is 12.5 Å². The van der Waals surface area contributed by atoms with Crippen LogP contribution in [0.15, 0.2) is 0 Å². The fourth-order valence-corrected chi connectivity index (χ4v) is 2.51. The lowest BCUT2D eigenvalue weighted by atomic mass is 9.92. The summed E-state index contributed by atoms with van der Waals surface area (Å²) in [6.07, 6.45) is 1.33. The van der Waals surface area contributed by atoms with Crippen molar-refractivity contribution >= 4 is 5.91 Å². The zero-order chi connectivity index (χ0) is 12.0. The molecule has 1 saturated heterocycles. The molecule has 0 bridgehead atoms. The van der Waals surface area contributed by atoms with Gasteiger partial charge in [-0.25, -0.2) is 0 Å². The highest BCUT2D eigenvalue weighted by Crippen LogP contribution is 2.20. The average molecular weight is 228 g/mol. The van der Waals surface area contributed by atoms with E-state index in [0.717, 1.165) is 38.0 Å². The van der Waals surface area contributed by atoms with E-state index < -0.39 is 0 Å². The number of amides is 1. The number of likely N-dealkylation sites (tertiary alicyclic amines) is 1. The van der Waals surface area contributed by atoms with Gasteiger partial charge in [0, 0.05) is 33.3 Å². The molecule has 94 valence electrons. The Kier molecular flexibility index (Phi) is 5.77. The van der Waals surface area contributed by atoms with Crippen LogP contribution < -0.4 is 5.32 Å². The van der Waals surface area contributed by atoms with Gasteiger partial charge in [0.25, 0.3) is 0 Å². The van der Waals surface area contributed by atoms with Crippen LogP contribution in [0, 0.1) is 11.8 Å². The lowest BCUT2D eigenvalue weighted by Gasteiger charge is -2.34. The van der Waals surface area contributed by atoms with E-state index in [0.29, 0.717) is 0 Å². The third-order valence-electron chi connectivity index (χ3n) is 2.97. The number of methoxy groups -OCH3 is 1. The van der Waals surface area contributed by atoms with Crippen molar-refractivity contribution in [3.63, 3.8) is 0 Å². The van der Waals surface area contributed by atoms with Crippen molar-refractivity contribution < 1.29 is 9.53 Å². The molecule has 2 atom stereocenters. The maximum atomic E-state index is 11.2. The largest absolute Gasteiger partial charge is 0.375 e. The molecule has 0 aromatic rings. The van der Waals surface area contributed by atoms with Crippen molar-refractivity contribution in [1.29, 1.82) is 0 Å². The van der Waals surface area contributed by atoms with Gasteiger partial charge in [-0.2, -0.15) is 0 Å². The second kappa shape index (κ2) is 6.86. The fourth-order valence-electron chi connectivity index (χ4n) is 2.51. The van der Waals surface area contributed by atoms with Crippen molar-refractivity contribution in [2.45, 2.75) is 20.3 Å². The number of ether oxygens (including phenoxy) is 1. The fraction of sp³-hybridized carbons (Fsp3) is 0.917. The van der Waals surface area contributed by atoms with Crippen LogP contribution in [0.1, 0.15) is 20.3 Å². The summed E-state index contributed by atoms with van der Waals surface area (Å²) < 4.78 is 4.75. The molecule has 4 nitrogen and oxygen atoms in total. The van der Waals surface area contributed by atoms with E-state index in [2.05, 4.69) is 24.1 Å². The number of nitrogens with one attached hydrogen (secondary N) is 1. The van der Waals surface area contributed by atoms with Gasteiger partial charge in [0.2, 0.25) is 5.91 Å². The maximum absolute atomic E-state index is 11.2. The van der Waals surface area contributed by atoms with Gasteiger partial charge in [-0.1, -0.05) is 13.8 Å². The Balaban J connectivity index is 2.14. The van der Waals surface area contributed by atoms with Crippen LogP contribution >= 0.6 is 0 Å². The Morgan fingerprint density at radius 1 is 1.38 bits per heavy atom. The molecule has 1 amide bonds. The first kappa shape index (κ1) is 13.5. The molecule has 1 rings (SSSR count). The minimum Gasteiger partial charge on any atom is -0.375 e. The minimum absolute atomic E-state index is 0.0272. The molecule has 0 spiro atoms. The normalized spacial score (nSPS) is 26.7. The Bertz CT molecular complexity index is 211. The van der Waals surface area contributed by atoms with Gasteiger partial charge >= 0.3 is 0 Å². The summed E-state index contributed by atoms with van der Waals surface area (Å²) in [6, 6.07) is 0. The quantitative estimate of drug-likeness (QED) is 0.754.